The summed E-state index contributed by atoms with van der Waals surface area (Å²) in [6.07, 6.45) is 45.9. The number of rotatable bonds is 34. The van der Waals surface area contributed by atoms with Gasteiger partial charge in [0.15, 0.2) is 6.10 Å². The van der Waals surface area contributed by atoms with E-state index < -0.39 is 6.10 Å². The fourth-order valence-electron chi connectivity index (χ4n) is 5.25. The molecule has 0 saturated heterocycles. The molecule has 0 radical (unpaired) electrons. The summed E-state index contributed by atoms with van der Waals surface area (Å²) in [4.78, 5) is 24.2. The molecule has 0 aromatic heterocycles. The Morgan fingerprint density at radius 3 is 1.41 bits per heavy atom. The third-order valence-electron chi connectivity index (χ3n) is 8.14. The van der Waals surface area contributed by atoms with Crippen LogP contribution in [0.2, 0.25) is 0 Å². The van der Waals surface area contributed by atoms with Crippen LogP contribution >= 0.6 is 0 Å². The summed E-state index contributed by atoms with van der Waals surface area (Å²) in [5, 5.41) is 9.54. The maximum absolute atomic E-state index is 12.2. The van der Waals surface area contributed by atoms with Gasteiger partial charge in [0.05, 0.1) is 6.61 Å². The average molecular weight is 645 g/mol. The second-order valence-corrected chi connectivity index (χ2v) is 12.6. The van der Waals surface area contributed by atoms with Crippen molar-refractivity contribution >= 4 is 11.9 Å². The molecule has 0 fully saturated rings. The van der Waals surface area contributed by atoms with Gasteiger partial charge < -0.3 is 14.6 Å². The maximum Gasteiger partial charge on any atom is 0.306 e. The number of aliphatic hydroxyl groups excluding tert-OH is 1. The minimum atomic E-state index is -0.776. The molecule has 0 bridgehead atoms. The molecule has 1 unspecified atom stereocenters. The first-order valence-electron chi connectivity index (χ1n) is 19.2. The van der Waals surface area contributed by atoms with Gasteiger partial charge in [-0.2, -0.15) is 0 Å². The summed E-state index contributed by atoms with van der Waals surface area (Å²) >= 11 is 0. The van der Waals surface area contributed by atoms with Crippen molar-refractivity contribution in [1.29, 1.82) is 0 Å². The lowest BCUT2D eigenvalue weighted by Gasteiger charge is -2.15. The van der Waals surface area contributed by atoms with Gasteiger partial charge in [-0.1, -0.05) is 165 Å². The Hall–Kier alpha value is -2.14. The lowest BCUT2D eigenvalue weighted by atomic mass is 10.0. The van der Waals surface area contributed by atoms with E-state index in [2.05, 4.69) is 62.5 Å². The van der Waals surface area contributed by atoms with E-state index in [1.165, 1.54) is 83.5 Å². The minimum absolute atomic E-state index is 0.0706. The van der Waals surface area contributed by atoms with Crippen LogP contribution in [0.3, 0.4) is 0 Å². The summed E-state index contributed by atoms with van der Waals surface area (Å²) in [5.74, 6) is -0.606. The number of carbonyl (C=O) groups excluding carboxylic acids is 2. The van der Waals surface area contributed by atoms with Crippen LogP contribution in [0.5, 0.6) is 0 Å². The van der Waals surface area contributed by atoms with Crippen LogP contribution in [0, 0.1) is 0 Å². The zero-order valence-corrected chi connectivity index (χ0v) is 30.1. The van der Waals surface area contributed by atoms with Crippen molar-refractivity contribution in [1.82, 2.24) is 0 Å². The first kappa shape index (κ1) is 43.9. The maximum atomic E-state index is 12.2. The number of esters is 2. The normalized spacial score (nSPS) is 12.7. The fourth-order valence-corrected chi connectivity index (χ4v) is 5.25. The Morgan fingerprint density at radius 1 is 0.522 bits per heavy atom. The van der Waals surface area contributed by atoms with E-state index >= 15 is 0 Å². The van der Waals surface area contributed by atoms with Gasteiger partial charge in [0.1, 0.15) is 6.61 Å². The topological polar surface area (TPSA) is 72.8 Å². The standard InChI is InChI=1S/C41H72O5/c1-3-5-7-9-11-13-15-17-18-19-20-21-22-24-26-28-30-32-34-36-41(44)46-39(37-42)38-45-40(43)35-33-31-29-27-25-23-16-14-12-10-8-6-4-2/h5,7,11,13,17-18,20-21,39,42H,3-4,6,8-10,12,14-16,19,22-38H2,1-2H3/b7-5-,13-11-,18-17-,21-20-. The van der Waals surface area contributed by atoms with E-state index in [9.17, 15) is 14.7 Å². The number of allylic oxidation sites excluding steroid dienone is 8. The van der Waals surface area contributed by atoms with Gasteiger partial charge >= 0.3 is 11.9 Å². The third-order valence-corrected chi connectivity index (χ3v) is 8.14. The molecule has 0 aliphatic heterocycles. The second kappa shape index (κ2) is 37.3. The van der Waals surface area contributed by atoms with Crippen molar-refractivity contribution in [3.8, 4) is 0 Å². The number of hydrogen-bond donors (Lipinski definition) is 1. The molecule has 1 N–H and O–H groups in total. The van der Waals surface area contributed by atoms with Gasteiger partial charge in [0.25, 0.3) is 0 Å². The molecule has 0 heterocycles. The Morgan fingerprint density at radius 2 is 0.935 bits per heavy atom. The van der Waals surface area contributed by atoms with Crippen molar-refractivity contribution in [2.45, 2.75) is 187 Å². The van der Waals surface area contributed by atoms with E-state index in [0.29, 0.717) is 12.8 Å². The molecule has 0 aromatic carbocycles. The van der Waals surface area contributed by atoms with Crippen LogP contribution in [-0.4, -0.2) is 36.4 Å². The van der Waals surface area contributed by atoms with Crippen molar-refractivity contribution in [3.63, 3.8) is 0 Å². The molecule has 266 valence electrons. The number of unbranched alkanes of at least 4 members (excludes halogenated alkanes) is 18. The second-order valence-electron chi connectivity index (χ2n) is 12.6. The Balaban J connectivity index is 3.59. The molecule has 0 spiro atoms. The van der Waals surface area contributed by atoms with Gasteiger partial charge in [-0.25, -0.2) is 0 Å². The molecule has 0 saturated carbocycles. The summed E-state index contributed by atoms with van der Waals surface area (Å²) < 4.78 is 10.6. The molecule has 0 rings (SSSR count). The van der Waals surface area contributed by atoms with Gasteiger partial charge in [-0.3, -0.25) is 9.59 Å². The molecule has 0 amide bonds. The molecule has 46 heavy (non-hydrogen) atoms. The highest BCUT2D eigenvalue weighted by molar-refractivity contribution is 5.70. The van der Waals surface area contributed by atoms with Gasteiger partial charge in [0, 0.05) is 12.8 Å². The van der Waals surface area contributed by atoms with Crippen LogP contribution in [0.1, 0.15) is 181 Å². The van der Waals surface area contributed by atoms with Gasteiger partial charge in [-0.15, -0.1) is 0 Å². The summed E-state index contributed by atoms with van der Waals surface area (Å²) in [6, 6.07) is 0. The minimum Gasteiger partial charge on any atom is -0.462 e. The average Bonchev–Trinajstić information content (AvgIpc) is 3.06. The number of carbonyl (C=O) groups is 2. The van der Waals surface area contributed by atoms with Crippen LogP contribution in [-0.2, 0) is 19.1 Å². The quantitative estimate of drug-likeness (QED) is 0.0429. The number of ether oxygens (including phenoxy) is 2. The Labute approximate surface area is 284 Å². The summed E-state index contributed by atoms with van der Waals surface area (Å²) in [7, 11) is 0. The van der Waals surface area contributed by atoms with Crippen molar-refractivity contribution < 1.29 is 24.2 Å². The highest BCUT2D eigenvalue weighted by atomic mass is 16.6. The largest absolute Gasteiger partial charge is 0.462 e. The van der Waals surface area contributed by atoms with E-state index in [4.69, 9.17) is 9.47 Å². The number of aliphatic hydroxyl groups is 1. The lowest BCUT2D eigenvalue weighted by Crippen LogP contribution is -2.28. The molecular formula is C41H72O5. The third kappa shape index (κ3) is 34.7. The Bertz CT molecular complexity index is 782. The Kier molecular flexibility index (Phi) is 35.6. The lowest BCUT2D eigenvalue weighted by molar-refractivity contribution is -0.161. The van der Waals surface area contributed by atoms with Crippen LogP contribution in [0.15, 0.2) is 48.6 Å². The van der Waals surface area contributed by atoms with E-state index in [1.54, 1.807) is 0 Å². The molecule has 1 atom stereocenters. The van der Waals surface area contributed by atoms with E-state index in [1.807, 2.05) is 0 Å². The van der Waals surface area contributed by atoms with Crippen LogP contribution < -0.4 is 0 Å². The van der Waals surface area contributed by atoms with E-state index in [-0.39, 0.29) is 25.2 Å². The molecule has 0 aliphatic rings. The molecule has 0 aliphatic carbocycles. The molecule has 5 heteroatoms. The van der Waals surface area contributed by atoms with Crippen molar-refractivity contribution in [3.05, 3.63) is 48.6 Å². The zero-order valence-electron chi connectivity index (χ0n) is 30.1. The molecular weight excluding hydrogens is 572 g/mol. The predicted octanol–water partition coefficient (Wildman–Crippen LogP) is 11.8. The van der Waals surface area contributed by atoms with Crippen molar-refractivity contribution in [2.75, 3.05) is 13.2 Å². The van der Waals surface area contributed by atoms with E-state index in [0.717, 1.165) is 70.6 Å². The highest BCUT2D eigenvalue weighted by Gasteiger charge is 2.16. The van der Waals surface area contributed by atoms with Crippen molar-refractivity contribution in [2.24, 2.45) is 0 Å². The molecule has 0 aromatic rings. The smallest absolute Gasteiger partial charge is 0.306 e. The first-order chi connectivity index (χ1) is 22.6. The first-order valence-corrected chi connectivity index (χ1v) is 19.2. The van der Waals surface area contributed by atoms with Gasteiger partial charge in [-0.05, 0) is 51.4 Å². The highest BCUT2D eigenvalue weighted by Crippen LogP contribution is 2.14. The number of hydrogen-bond acceptors (Lipinski definition) is 5. The van der Waals surface area contributed by atoms with Crippen LogP contribution in [0.4, 0.5) is 0 Å². The summed E-state index contributed by atoms with van der Waals surface area (Å²) in [5.41, 5.74) is 0. The summed E-state index contributed by atoms with van der Waals surface area (Å²) in [6.45, 7) is 4.01. The SMILES string of the molecule is CC/C=C\C/C=C\C/C=C\C/C=C\CCCCCCCCC(=O)OC(CO)COC(=O)CCCCCCCCCCCCCCC. The fraction of sp³-hybridized carbons (Fsp3) is 0.756. The predicted molar refractivity (Wildman–Crippen MR) is 196 cm³/mol. The molecule has 5 nitrogen and oxygen atoms in total. The van der Waals surface area contributed by atoms with Crippen LogP contribution in [0.25, 0.3) is 0 Å². The monoisotopic (exact) mass is 645 g/mol. The van der Waals surface area contributed by atoms with Gasteiger partial charge in [0.2, 0.25) is 0 Å². The zero-order chi connectivity index (χ0) is 33.6.